The number of aromatic amines is 1. The van der Waals surface area contributed by atoms with Crippen LogP contribution in [0.4, 0.5) is 0 Å². The third-order valence-corrected chi connectivity index (χ3v) is 6.65. The van der Waals surface area contributed by atoms with Crippen molar-refractivity contribution in [2.24, 2.45) is 0 Å². The summed E-state index contributed by atoms with van der Waals surface area (Å²) in [4.78, 5) is 32.2. The van der Waals surface area contributed by atoms with E-state index in [1.165, 1.54) is 0 Å². The number of rotatable bonds is 5. The standard InChI is InChI=1S/C26H25N7O/c1-32-8-5-22(6-9-32)33-16-20(15-30-33)25(34)12-21-11-24-18(13-28-21)2-3-23(31-24)19-10-17-4-7-27-26(17)29-14-19/h2-4,7,10-11,13-16,22H,5-6,8-9,12H2,1H3,(H,27,29). The number of pyridine rings is 3. The lowest BCUT2D eigenvalue weighted by Gasteiger charge is -2.28. The minimum Gasteiger partial charge on any atom is -0.346 e. The summed E-state index contributed by atoms with van der Waals surface area (Å²) in [6.07, 6.45) is 11.4. The Kier molecular flexibility index (Phi) is 5.15. The van der Waals surface area contributed by atoms with Gasteiger partial charge in [0.2, 0.25) is 0 Å². The molecular formula is C26H25N7O. The molecule has 0 saturated carbocycles. The summed E-state index contributed by atoms with van der Waals surface area (Å²) in [5, 5.41) is 6.46. The number of piperidine rings is 1. The first-order valence-electron chi connectivity index (χ1n) is 11.6. The van der Waals surface area contributed by atoms with Gasteiger partial charge in [0.15, 0.2) is 5.78 Å². The first-order valence-corrected chi connectivity index (χ1v) is 11.6. The van der Waals surface area contributed by atoms with Crippen LogP contribution in [0.3, 0.4) is 0 Å². The number of aromatic nitrogens is 6. The van der Waals surface area contributed by atoms with Crippen molar-refractivity contribution in [2.75, 3.05) is 20.1 Å². The third kappa shape index (κ3) is 3.97. The number of Topliss-reactive ketones (excluding diaryl/α,β-unsaturated/α-hetero) is 1. The fourth-order valence-electron chi connectivity index (χ4n) is 4.60. The van der Waals surface area contributed by atoms with E-state index in [4.69, 9.17) is 4.98 Å². The monoisotopic (exact) mass is 451 g/mol. The summed E-state index contributed by atoms with van der Waals surface area (Å²) in [5.41, 5.74) is 4.79. The number of fused-ring (bicyclic) bond motifs is 2. The maximum atomic E-state index is 13.0. The van der Waals surface area contributed by atoms with Crippen LogP contribution in [0, 0.1) is 0 Å². The lowest BCUT2D eigenvalue weighted by molar-refractivity contribution is 0.0991. The van der Waals surface area contributed by atoms with Crippen LogP contribution in [0.25, 0.3) is 33.2 Å². The lowest BCUT2D eigenvalue weighted by atomic mass is 10.1. The van der Waals surface area contributed by atoms with Crippen LogP contribution in [0.1, 0.15) is 34.9 Å². The summed E-state index contributed by atoms with van der Waals surface area (Å²) in [5.74, 6) is 0.0179. The summed E-state index contributed by atoms with van der Waals surface area (Å²) < 4.78 is 1.96. The molecule has 1 fully saturated rings. The molecule has 8 nitrogen and oxygen atoms in total. The molecule has 6 heterocycles. The number of hydrogen-bond acceptors (Lipinski definition) is 6. The number of nitrogens with zero attached hydrogens (tertiary/aromatic N) is 6. The van der Waals surface area contributed by atoms with Crippen LogP contribution >= 0.6 is 0 Å². The second kappa shape index (κ2) is 8.46. The first kappa shape index (κ1) is 20.7. The maximum Gasteiger partial charge on any atom is 0.171 e. The molecule has 0 spiro atoms. The number of hydrogen-bond donors (Lipinski definition) is 1. The molecule has 170 valence electrons. The SMILES string of the molecule is CN1CCC(n2cc(C(=O)Cc3cc4nc(-c5cnc6[nH]ccc6c5)ccc4cn3)cn2)CC1. The van der Waals surface area contributed by atoms with E-state index in [9.17, 15) is 4.79 Å². The Hall–Kier alpha value is -3.91. The highest BCUT2D eigenvalue weighted by Crippen LogP contribution is 2.24. The molecule has 34 heavy (non-hydrogen) atoms. The summed E-state index contributed by atoms with van der Waals surface area (Å²) in [6.45, 7) is 2.11. The molecule has 0 aliphatic carbocycles. The molecule has 0 aromatic carbocycles. The van der Waals surface area contributed by atoms with Crippen molar-refractivity contribution in [1.29, 1.82) is 0 Å². The summed E-state index contributed by atoms with van der Waals surface area (Å²) in [7, 11) is 2.14. The molecule has 1 aliphatic heterocycles. The van der Waals surface area contributed by atoms with Crippen LogP contribution in [0.15, 0.2) is 61.3 Å². The molecule has 8 heteroatoms. The normalized spacial score (nSPS) is 15.3. The fourth-order valence-corrected chi connectivity index (χ4v) is 4.60. The van der Waals surface area contributed by atoms with Gasteiger partial charge in [0, 0.05) is 41.1 Å². The van der Waals surface area contributed by atoms with Gasteiger partial charge in [-0.25, -0.2) is 9.97 Å². The van der Waals surface area contributed by atoms with Crippen LogP contribution in [0.2, 0.25) is 0 Å². The van der Waals surface area contributed by atoms with Gasteiger partial charge in [-0.15, -0.1) is 0 Å². The van der Waals surface area contributed by atoms with Crippen LogP contribution in [0.5, 0.6) is 0 Å². The highest BCUT2D eigenvalue weighted by Gasteiger charge is 2.20. The molecule has 1 aliphatic rings. The average Bonchev–Trinajstić information content (AvgIpc) is 3.54. The van der Waals surface area contributed by atoms with Crippen LogP contribution < -0.4 is 0 Å². The van der Waals surface area contributed by atoms with Gasteiger partial charge in [-0.3, -0.25) is 14.5 Å². The number of ketones is 1. The minimum atomic E-state index is 0.0179. The highest BCUT2D eigenvalue weighted by atomic mass is 16.1. The van der Waals surface area contributed by atoms with Crippen molar-refractivity contribution in [3.63, 3.8) is 0 Å². The second-order valence-corrected chi connectivity index (χ2v) is 9.05. The molecule has 0 atom stereocenters. The molecule has 5 aromatic rings. The van der Waals surface area contributed by atoms with E-state index >= 15 is 0 Å². The number of nitrogens with one attached hydrogen (secondary N) is 1. The molecule has 6 rings (SSSR count). The average molecular weight is 452 g/mol. The van der Waals surface area contributed by atoms with Crippen LogP contribution in [-0.2, 0) is 6.42 Å². The molecule has 1 saturated heterocycles. The number of carbonyl (C=O) groups excluding carboxylic acids is 1. The molecule has 0 unspecified atom stereocenters. The van der Waals surface area contributed by atoms with Crippen molar-refractivity contribution < 1.29 is 4.79 Å². The van der Waals surface area contributed by atoms with Gasteiger partial charge in [0.1, 0.15) is 5.65 Å². The van der Waals surface area contributed by atoms with E-state index in [0.717, 1.165) is 59.1 Å². The third-order valence-electron chi connectivity index (χ3n) is 6.65. The number of H-pyrrole nitrogens is 1. The van der Waals surface area contributed by atoms with E-state index in [1.54, 1.807) is 12.4 Å². The Bertz CT molecular complexity index is 1490. The Morgan fingerprint density at radius 3 is 2.82 bits per heavy atom. The van der Waals surface area contributed by atoms with Crippen LogP contribution in [-0.4, -0.2) is 60.5 Å². The lowest BCUT2D eigenvalue weighted by Crippen LogP contribution is -2.31. The highest BCUT2D eigenvalue weighted by molar-refractivity contribution is 5.97. The molecule has 0 radical (unpaired) electrons. The fraction of sp³-hybridized carbons (Fsp3) is 0.269. The molecule has 5 aromatic heterocycles. The van der Waals surface area contributed by atoms with Gasteiger partial charge >= 0.3 is 0 Å². The Morgan fingerprint density at radius 2 is 1.94 bits per heavy atom. The van der Waals surface area contributed by atoms with Gasteiger partial charge in [-0.2, -0.15) is 5.10 Å². The van der Waals surface area contributed by atoms with E-state index in [-0.39, 0.29) is 12.2 Å². The van der Waals surface area contributed by atoms with E-state index in [1.807, 2.05) is 47.5 Å². The zero-order valence-corrected chi connectivity index (χ0v) is 19.0. The van der Waals surface area contributed by atoms with Crippen molar-refractivity contribution in [1.82, 2.24) is 34.6 Å². The van der Waals surface area contributed by atoms with Crippen molar-refractivity contribution in [2.45, 2.75) is 25.3 Å². The predicted octanol–water partition coefficient (Wildman–Crippen LogP) is 4.06. The van der Waals surface area contributed by atoms with Crippen molar-refractivity contribution >= 4 is 27.7 Å². The topological polar surface area (TPSA) is 92.6 Å². The van der Waals surface area contributed by atoms with Gasteiger partial charge < -0.3 is 9.88 Å². The largest absolute Gasteiger partial charge is 0.346 e. The van der Waals surface area contributed by atoms with Crippen molar-refractivity contribution in [3.8, 4) is 11.3 Å². The molecule has 0 bridgehead atoms. The van der Waals surface area contributed by atoms with Gasteiger partial charge in [0.25, 0.3) is 0 Å². The van der Waals surface area contributed by atoms with E-state index in [0.29, 0.717) is 17.3 Å². The predicted molar refractivity (Wildman–Crippen MR) is 131 cm³/mol. The number of carbonyl (C=O) groups is 1. The maximum absolute atomic E-state index is 13.0. The quantitative estimate of drug-likeness (QED) is 0.405. The zero-order chi connectivity index (χ0) is 23.1. The zero-order valence-electron chi connectivity index (χ0n) is 19.0. The Labute approximate surface area is 196 Å². The Balaban J connectivity index is 1.22. The smallest absolute Gasteiger partial charge is 0.171 e. The molecular weight excluding hydrogens is 426 g/mol. The Morgan fingerprint density at radius 1 is 1.06 bits per heavy atom. The number of likely N-dealkylation sites (tertiary alicyclic amines) is 1. The van der Waals surface area contributed by atoms with Gasteiger partial charge in [-0.1, -0.05) is 0 Å². The minimum absolute atomic E-state index is 0.0179. The van der Waals surface area contributed by atoms with E-state index < -0.39 is 0 Å². The second-order valence-electron chi connectivity index (χ2n) is 9.05. The summed E-state index contributed by atoms with van der Waals surface area (Å²) in [6, 6.07) is 10.3. The molecule has 0 amide bonds. The van der Waals surface area contributed by atoms with Crippen molar-refractivity contribution in [3.05, 3.63) is 72.6 Å². The van der Waals surface area contributed by atoms with Gasteiger partial charge in [0.05, 0.1) is 41.1 Å². The van der Waals surface area contributed by atoms with Gasteiger partial charge in [-0.05, 0) is 63.3 Å². The first-order chi connectivity index (χ1) is 16.6. The van der Waals surface area contributed by atoms with E-state index in [2.05, 4.69) is 38.1 Å². The molecule has 1 N–H and O–H groups in total. The summed E-state index contributed by atoms with van der Waals surface area (Å²) >= 11 is 0.